The van der Waals surface area contributed by atoms with E-state index in [0.717, 1.165) is 45.3 Å². The zero-order valence-electron chi connectivity index (χ0n) is 22.4. The number of aliphatic hydroxyl groups is 1. The zero-order chi connectivity index (χ0) is 27.7. The summed E-state index contributed by atoms with van der Waals surface area (Å²) in [6, 6.07) is 10.7. The Bertz CT molecular complexity index is 1140. The number of carbonyl (C=O) groups excluding carboxylic acids is 3. The number of Topliss-reactive ketones (excluding diaryl/α,β-unsaturated/α-hetero) is 1. The Morgan fingerprint density at radius 2 is 1.47 bits per heavy atom. The summed E-state index contributed by atoms with van der Waals surface area (Å²) in [4.78, 5) is 42.2. The number of ketones is 1. The third kappa shape index (κ3) is 6.86. The lowest BCUT2D eigenvalue weighted by Gasteiger charge is -2.27. The molecule has 0 unspecified atom stereocenters. The van der Waals surface area contributed by atoms with Crippen molar-refractivity contribution in [2.75, 3.05) is 33.3 Å². The normalized spacial score (nSPS) is 16.9. The highest BCUT2D eigenvalue weighted by Crippen LogP contribution is 2.39. The molecule has 204 valence electrons. The van der Waals surface area contributed by atoms with E-state index in [4.69, 9.17) is 4.74 Å². The molecule has 7 nitrogen and oxygen atoms in total. The lowest BCUT2D eigenvalue weighted by atomic mass is 9.94. The Morgan fingerprint density at radius 1 is 0.921 bits per heavy atom. The van der Waals surface area contributed by atoms with Gasteiger partial charge in [0.1, 0.15) is 11.6 Å². The van der Waals surface area contributed by atoms with Crippen LogP contribution >= 0.6 is 0 Å². The Labute approximate surface area is 223 Å². The monoisotopic (exact) mass is 524 g/mol. The van der Waals surface area contributed by atoms with E-state index in [9.17, 15) is 23.9 Å². The molecule has 0 bridgehead atoms. The van der Waals surface area contributed by atoms with Gasteiger partial charge in [-0.1, -0.05) is 38.8 Å². The van der Waals surface area contributed by atoms with Crippen molar-refractivity contribution < 1.29 is 28.6 Å². The van der Waals surface area contributed by atoms with Gasteiger partial charge in [-0.3, -0.25) is 9.59 Å². The summed E-state index contributed by atoms with van der Waals surface area (Å²) in [6.07, 6.45) is 5.05. The van der Waals surface area contributed by atoms with Crippen molar-refractivity contribution in [1.82, 2.24) is 9.80 Å². The van der Waals surface area contributed by atoms with Gasteiger partial charge in [-0.05, 0) is 80.9 Å². The van der Waals surface area contributed by atoms with Gasteiger partial charge < -0.3 is 19.6 Å². The number of esters is 1. The van der Waals surface area contributed by atoms with Crippen LogP contribution in [-0.2, 0) is 14.3 Å². The number of rotatable bonds is 13. The van der Waals surface area contributed by atoms with E-state index in [0.29, 0.717) is 24.1 Å². The molecule has 1 aliphatic rings. The molecule has 0 spiro atoms. The van der Waals surface area contributed by atoms with Crippen LogP contribution in [0, 0.1) is 5.82 Å². The molecule has 0 saturated carbocycles. The molecule has 1 aliphatic heterocycles. The molecular formula is C30H37FN2O5. The summed E-state index contributed by atoms with van der Waals surface area (Å²) in [7, 11) is 1.29. The Hall–Kier alpha value is -3.52. The molecule has 0 aliphatic carbocycles. The maximum Gasteiger partial charge on any atom is 0.337 e. The second-order valence-corrected chi connectivity index (χ2v) is 9.52. The van der Waals surface area contributed by atoms with Crippen molar-refractivity contribution in [3.8, 4) is 0 Å². The number of likely N-dealkylation sites (tertiary alicyclic amines) is 1. The van der Waals surface area contributed by atoms with E-state index in [1.165, 1.54) is 36.3 Å². The van der Waals surface area contributed by atoms with Crippen LogP contribution in [-0.4, -0.2) is 65.9 Å². The molecule has 1 N–H and O–H groups in total. The first-order valence-corrected chi connectivity index (χ1v) is 13.3. The molecule has 0 radical (unpaired) electrons. The predicted octanol–water partition coefficient (Wildman–Crippen LogP) is 5.33. The van der Waals surface area contributed by atoms with Gasteiger partial charge in [0.15, 0.2) is 0 Å². The van der Waals surface area contributed by atoms with Crippen molar-refractivity contribution in [2.24, 2.45) is 0 Å². The van der Waals surface area contributed by atoms with Gasteiger partial charge in [0.05, 0.1) is 24.3 Å². The smallest absolute Gasteiger partial charge is 0.337 e. The van der Waals surface area contributed by atoms with Gasteiger partial charge in [-0.2, -0.15) is 0 Å². The number of halogens is 1. The van der Waals surface area contributed by atoms with Crippen LogP contribution in [0.15, 0.2) is 54.1 Å². The van der Waals surface area contributed by atoms with Gasteiger partial charge in [-0.15, -0.1) is 0 Å². The lowest BCUT2D eigenvalue weighted by molar-refractivity contribution is -0.140. The van der Waals surface area contributed by atoms with Crippen LogP contribution in [0.2, 0.25) is 0 Å². The first kappa shape index (κ1) is 29.0. The van der Waals surface area contributed by atoms with E-state index < -0.39 is 29.5 Å². The highest BCUT2D eigenvalue weighted by Gasteiger charge is 2.45. The average molecular weight is 525 g/mol. The third-order valence-electron chi connectivity index (χ3n) is 6.83. The molecule has 2 aromatic rings. The number of ether oxygens (including phenoxy) is 1. The van der Waals surface area contributed by atoms with Crippen molar-refractivity contribution in [2.45, 2.75) is 52.0 Å². The van der Waals surface area contributed by atoms with Crippen molar-refractivity contribution in [1.29, 1.82) is 0 Å². The van der Waals surface area contributed by atoms with E-state index in [1.807, 2.05) is 0 Å². The quantitative estimate of drug-likeness (QED) is 0.165. The van der Waals surface area contributed by atoms with Gasteiger partial charge in [0, 0.05) is 12.1 Å². The summed E-state index contributed by atoms with van der Waals surface area (Å²) in [5.41, 5.74) is 1.09. The molecule has 1 fully saturated rings. The topological polar surface area (TPSA) is 87.2 Å². The number of unbranched alkanes of at least 4 members (excludes halogenated alkanes) is 2. The van der Waals surface area contributed by atoms with E-state index in [1.54, 1.807) is 24.3 Å². The number of hydrogen-bond donors (Lipinski definition) is 1. The molecule has 1 heterocycles. The summed E-state index contributed by atoms with van der Waals surface area (Å²) in [5.74, 6) is -2.82. The zero-order valence-corrected chi connectivity index (χ0v) is 22.4. The molecule has 8 heteroatoms. The van der Waals surface area contributed by atoms with E-state index >= 15 is 0 Å². The van der Waals surface area contributed by atoms with Crippen LogP contribution in [0.4, 0.5) is 4.39 Å². The number of benzene rings is 2. The van der Waals surface area contributed by atoms with Gasteiger partial charge in [-0.25, -0.2) is 9.18 Å². The fraction of sp³-hybridized carbons (Fsp3) is 0.433. The van der Waals surface area contributed by atoms with Gasteiger partial charge in [0.25, 0.3) is 11.7 Å². The van der Waals surface area contributed by atoms with Crippen LogP contribution in [0.1, 0.15) is 73.5 Å². The minimum absolute atomic E-state index is 0.0544. The predicted molar refractivity (Wildman–Crippen MR) is 144 cm³/mol. The van der Waals surface area contributed by atoms with Crippen molar-refractivity contribution >= 4 is 23.4 Å². The molecule has 1 saturated heterocycles. The van der Waals surface area contributed by atoms with Crippen LogP contribution in [0.25, 0.3) is 5.76 Å². The number of hydrogen-bond acceptors (Lipinski definition) is 6. The number of aliphatic hydroxyl groups excluding tert-OH is 1. The highest BCUT2D eigenvalue weighted by atomic mass is 19.1. The maximum absolute atomic E-state index is 13.5. The molecule has 3 rings (SSSR count). The Kier molecular flexibility index (Phi) is 10.6. The van der Waals surface area contributed by atoms with Crippen molar-refractivity contribution in [3.63, 3.8) is 0 Å². The molecular weight excluding hydrogens is 487 g/mol. The minimum Gasteiger partial charge on any atom is -0.507 e. The van der Waals surface area contributed by atoms with E-state index in [2.05, 4.69) is 18.7 Å². The number of amides is 1. The van der Waals surface area contributed by atoms with Crippen LogP contribution in [0.3, 0.4) is 0 Å². The SMILES string of the molecule is CCCCN(CCCC)CCCN1C(=O)C(=O)C(=C(O)c2ccc(F)cc2)[C@H]1c1ccc(C(=O)OC)cc1. The Balaban J connectivity index is 1.94. The number of nitrogens with zero attached hydrogens (tertiary/aromatic N) is 2. The first-order valence-electron chi connectivity index (χ1n) is 13.3. The second kappa shape index (κ2) is 13.9. The fourth-order valence-corrected chi connectivity index (χ4v) is 4.70. The Morgan fingerprint density at radius 3 is 2.03 bits per heavy atom. The second-order valence-electron chi connectivity index (χ2n) is 9.52. The van der Waals surface area contributed by atoms with Gasteiger partial charge >= 0.3 is 5.97 Å². The average Bonchev–Trinajstić information content (AvgIpc) is 3.18. The summed E-state index contributed by atoms with van der Waals surface area (Å²) in [6.45, 7) is 7.39. The third-order valence-corrected chi connectivity index (χ3v) is 6.83. The molecule has 0 aromatic heterocycles. The highest BCUT2D eigenvalue weighted by molar-refractivity contribution is 6.46. The standard InChI is InChI=1S/C30H37FN2O5/c1-4-6-17-32(18-7-5-2)19-8-20-33-26(21-9-11-23(12-10-21)30(37)38-3)25(28(35)29(33)36)27(34)22-13-15-24(31)16-14-22/h9-16,26,34H,4-8,17-20H2,1-3H3/t26-/m1/s1. The molecule has 2 aromatic carbocycles. The van der Waals surface area contributed by atoms with E-state index in [-0.39, 0.29) is 16.9 Å². The van der Waals surface area contributed by atoms with Crippen molar-refractivity contribution in [3.05, 3.63) is 76.6 Å². The number of methoxy groups -OCH3 is 1. The van der Waals surface area contributed by atoms with Crippen LogP contribution in [0.5, 0.6) is 0 Å². The minimum atomic E-state index is -0.841. The number of carbonyl (C=O) groups is 3. The maximum atomic E-state index is 13.5. The molecule has 1 atom stereocenters. The summed E-state index contributed by atoms with van der Waals surface area (Å²) >= 11 is 0. The van der Waals surface area contributed by atoms with Gasteiger partial charge in [0.2, 0.25) is 0 Å². The first-order chi connectivity index (χ1) is 18.3. The summed E-state index contributed by atoms with van der Waals surface area (Å²) < 4.78 is 18.3. The summed E-state index contributed by atoms with van der Waals surface area (Å²) in [5, 5.41) is 11.1. The van der Waals surface area contributed by atoms with Crippen LogP contribution < -0.4 is 0 Å². The molecule has 38 heavy (non-hydrogen) atoms. The molecule has 1 amide bonds. The lowest BCUT2D eigenvalue weighted by Crippen LogP contribution is -2.34. The fourth-order valence-electron chi connectivity index (χ4n) is 4.70. The largest absolute Gasteiger partial charge is 0.507 e.